The molecule has 0 radical (unpaired) electrons. The van der Waals surface area contributed by atoms with Crippen LogP contribution < -0.4 is 0 Å². The lowest BCUT2D eigenvalue weighted by molar-refractivity contribution is 0.0777. The zero-order chi connectivity index (χ0) is 16.9. The highest BCUT2D eigenvalue weighted by Crippen LogP contribution is 2.27. The van der Waals surface area contributed by atoms with E-state index in [9.17, 15) is 4.79 Å². The second-order valence-corrected chi connectivity index (χ2v) is 6.55. The van der Waals surface area contributed by atoms with Gasteiger partial charge in [0.05, 0.1) is 24.5 Å². The van der Waals surface area contributed by atoms with E-state index < -0.39 is 0 Å². The molecule has 0 saturated heterocycles. The molecule has 6 heteroatoms. The maximum atomic E-state index is 12.6. The van der Waals surface area contributed by atoms with Crippen molar-refractivity contribution in [1.29, 1.82) is 0 Å². The number of amides is 1. The first-order valence-corrected chi connectivity index (χ1v) is 8.78. The molecule has 24 heavy (non-hydrogen) atoms. The zero-order valence-electron chi connectivity index (χ0n) is 14.5. The number of hydrogen-bond donors (Lipinski definition) is 0. The number of hydrogen-bond acceptors (Lipinski definition) is 4. The monoisotopic (exact) mass is 327 g/mol. The fourth-order valence-corrected chi connectivity index (χ4v) is 3.17. The topological polar surface area (TPSA) is 63.9 Å². The van der Waals surface area contributed by atoms with Crippen LogP contribution in [0.25, 0.3) is 0 Å². The molecule has 2 aromatic rings. The average Bonchev–Trinajstić information content (AvgIpc) is 3.12. The minimum absolute atomic E-state index is 0.113. The number of rotatable bonds is 5. The molecule has 0 aromatic carbocycles. The van der Waals surface area contributed by atoms with E-state index in [4.69, 9.17) is 0 Å². The highest BCUT2D eigenvalue weighted by Gasteiger charge is 2.21. The second-order valence-electron chi connectivity index (χ2n) is 6.55. The molecule has 2 aromatic heterocycles. The van der Waals surface area contributed by atoms with E-state index in [0.717, 1.165) is 25.0 Å². The minimum Gasteiger partial charge on any atom is -0.334 e. The molecule has 0 spiro atoms. The maximum absolute atomic E-state index is 12.6. The van der Waals surface area contributed by atoms with Crippen molar-refractivity contribution in [3.05, 3.63) is 41.5 Å². The van der Waals surface area contributed by atoms with Crippen molar-refractivity contribution >= 4 is 5.91 Å². The van der Waals surface area contributed by atoms with Gasteiger partial charge in [0.25, 0.3) is 5.91 Å². The van der Waals surface area contributed by atoms with Crippen LogP contribution in [0.15, 0.2) is 24.5 Å². The first kappa shape index (κ1) is 16.6. The predicted octanol–water partition coefficient (Wildman–Crippen LogP) is 3.01. The van der Waals surface area contributed by atoms with Crippen molar-refractivity contribution in [1.82, 2.24) is 24.9 Å². The Morgan fingerprint density at radius 3 is 2.75 bits per heavy atom. The summed E-state index contributed by atoms with van der Waals surface area (Å²) < 4.78 is 1.87. The van der Waals surface area contributed by atoms with Gasteiger partial charge in [0.1, 0.15) is 0 Å². The molecule has 6 nitrogen and oxygen atoms in total. The molecule has 0 N–H and O–H groups in total. The first-order valence-electron chi connectivity index (χ1n) is 8.78. The minimum atomic E-state index is -0.113. The lowest BCUT2D eigenvalue weighted by atomic mass is 9.96. The molecule has 0 atom stereocenters. The fraction of sp³-hybridized carbons (Fsp3) is 0.556. The van der Waals surface area contributed by atoms with Crippen molar-refractivity contribution in [2.24, 2.45) is 0 Å². The van der Waals surface area contributed by atoms with Crippen LogP contribution in [0.2, 0.25) is 0 Å². The number of aromatic nitrogens is 4. The molecular formula is C18H25N5O. The third-order valence-electron chi connectivity index (χ3n) is 4.72. The molecule has 1 aliphatic carbocycles. The molecule has 0 unspecified atom stereocenters. The normalized spacial score (nSPS) is 15.4. The van der Waals surface area contributed by atoms with Gasteiger partial charge in [-0.3, -0.25) is 9.78 Å². The SMILES string of the molecule is CCc1ccc(CN(C)C(=O)c2cn(C3CCCCC3)nn2)nc1. The fourth-order valence-electron chi connectivity index (χ4n) is 3.17. The number of pyridine rings is 1. The summed E-state index contributed by atoms with van der Waals surface area (Å²) in [7, 11) is 1.78. The zero-order valence-corrected chi connectivity index (χ0v) is 14.5. The van der Waals surface area contributed by atoms with Crippen molar-refractivity contribution < 1.29 is 4.79 Å². The molecule has 1 aliphatic rings. The standard InChI is InChI=1S/C18H25N5O/c1-3-14-9-10-15(19-11-14)12-22(2)18(24)17-13-23(21-20-17)16-7-5-4-6-8-16/h9-11,13,16H,3-8,12H2,1-2H3. The molecule has 1 saturated carbocycles. The number of nitrogens with zero attached hydrogens (tertiary/aromatic N) is 5. The molecule has 2 heterocycles. The van der Waals surface area contributed by atoms with Crippen molar-refractivity contribution in [3.8, 4) is 0 Å². The smallest absolute Gasteiger partial charge is 0.276 e. The van der Waals surface area contributed by atoms with E-state index in [0.29, 0.717) is 18.3 Å². The van der Waals surface area contributed by atoms with Crippen molar-refractivity contribution in [2.75, 3.05) is 7.05 Å². The van der Waals surface area contributed by atoms with Gasteiger partial charge in [-0.25, -0.2) is 4.68 Å². The first-order chi connectivity index (χ1) is 11.7. The molecule has 3 rings (SSSR count). The number of carbonyl (C=O) groups is 1. The Morgan fingerprint density at radius 2 is 2.08 bits per heavy atom. The van der Waals surface area contributed by atoms with Crippen molar-refractivity contribution in [2.45, 2.75) is 58.0 Å². The molecule has 1 fully saturated rings. The summed E-state index contributed by atoms with van der Waals surface area (Å²) in [6.07, 6.45) is 10.6. The van der Waals surface area contributed by atoms with E-state index in [2.05, 4.69) is 28.3 Å². The summed E-state index contributed by atoms with van der Waals surface area (Å²) in [6.45, 7) is 2.57. The van der Waals surface area contributed by atoms with E-state index in [1.807, 2.05) is 16.9 Å². The van der Waals surface area contributed by atoms with Crippen LogP contribution in [0.3, 0.4) is 0 Å². The highest BCUT2D eigenvalue weighted by atomic mass is 16.2. The van der Waals surface area contributed by atoms with Crippen LogP contribution in [0, 0.1) is 0 Å². The Kier molecular flexibility index (Phi) is 5.23. The highest BCUT2D eigenvalue weighted by molar-refractivity contribution is 5.91. The maximum Gasteiger partial charge on any atom is 0.276 e. The van der Waals surface area contributed by atoms with Gasteiger partial charge in [0.2, 0.25) is 0 Å². The van der Waals surface area contributed by atoms with Gasteiger partial charge in [0.15, 0.2) is 5.69 Å². The Bertz CT molecular complexity index is 673. The van der Waals surface area contributed by atoms with Gasteiger partial charge in [-0.15, -0.1) is 5.10 Å². The summed E-state index contributed by atoms with van der Waals surface area (Å²) in [5.41, 5.74) is 2.49. The quantitative estimate of drug-likeness (QED) is 0.847. The van der Waals surface area contributed by atoms with Crippen LogP contribution >= 0.6 is 0 Å². The number of aryl methyl sites for hydroxylation is 1. The summed E-state index contributed by atoms with van der Waals surface area (Å²) >= 11 is 0. The predicted molar refractivity (Wildman–Crippen MR) is 91.6 cm³/mol. The van der Waals surface area contributed by atoms with Crippen molar-refractivity contribution in [3.63, 3.8) is 0 Å². The Labute approximate surface area is 142 Å². The average molecular weight is 327 g/mol. The molecule has 128 valence electrons. The summed E-state index contributed by atoms with van der Waals surface area (Å²) in [5, 5.41) is 8.26. The van der Waals surface area contributed by atoms with Crippen LogP contribution in [0.4, 0.5) is 0 Å². The molecule has 0 aliphatic heterocycles. The van der Waals surface area contributed by atoms with Gasteiger partial charge in [-0.05, 0) is 30.9 Å². The van der Waals surface area contributed by atoms with Gasteiger partial charge < -0.3 is 4.90 Å². The summed E-state index contributed by atoms with van der Waals surface area (Å²) in [5.74, 6) is -0.113. The Morgan fingerprint density at radius 1 is 1.29 bits per heavy atom. The van der Waals surface area contributed by atoms with E-state index in [1.165, 1.54) is 24.8 Å². The number of carbonyl (C=O) groups excluding carboxylic acids is 1. The summed E-state index contributed by atoms with van der Waals surface area (Å²) in [4.78, 5) is 18.6. The van der Waals surface area contributed by atoms with Crippen LogP contribution in [0.1, 0.15) is 66.8 Å². The lowest BCUT2D eigenvalue weighted by Gasteiger charge is -2.21. The van der Waals surface area contributed by atoms with E-state index >= 15 is 0 Å². The largest absolute Gasteiger partial charge is 0.334 e. The van der Waals surface area contributed by atoms with E-state index in [-0.39, 0.29) is 5.91 Å². The van der Waals surface area contributed by atoms with Crippen LogP contribution in [-0.4, -0.2) is 37.8 Å². The van der Waals surface area contributed by atoms with Gasteiger partial charge in [-0.1, -0.05) is 37.5 Å². The molecule has 1 amide bonds. The summed E-state index contributed by atoms with van der Waals surface area (Å²) in [6, 6.07) is 4.42. The molecular weight excluding hydrogens is 302 g/mol. The van der Waals surface area contributed by atoms with Gasteiger partial charge >= 0.3 is 0 Å². The Hall–Kier alpha value is -2.24. The third-order valence-corrected chi connectivity index (χ3v) is 4.72. The molecule has 0 bridgehead atoms. The Balaban J connectivity index is 1.63. The van der Waals surface area contributed by atoms with Crippen LogP contribution in [0.5, 0.6) is 0 Å². The van der Waals surface area contributed by atoms with Crippen LogP contribution in [-0.2, 0) is 13.0 Å². The van der Waals surface area contributed by atoms with E-state index in [1.54, 1.807) is 18.1 Å². The second kappa shape index (κ2) is 7.55. The lowest BCUT2D eigenvalue weighted by Crippen LogP contribution is -2.27. The van der Waals surface area contributed by atoms with Gasteiger partial charge in [-0.2, -0.15) is 0 Å². The van der Waals surface area contributed by atoms with Gasteiger partial charge in [0, 0.05) is 13.2 Å². The third kappa shape index (κ3) is 3.80.